The number of carbonyl (C=O) groups excluding carboxylic acids is 1. The minimum absolute atomic E-state index is 0.134. The van der Waals surface area contributed by atoms with Gasteiger partial charge in [-0.15, -0.1) is 13.2 Å². The summed E-state index contributed by atoms with van der Waals surface area (Å²) in [4.78, 5) is 14.0. The molecule has 0 N–H and O–H groups in total. The lowest BCUT2D eigenvalue weighted by atomic mass is 10.2. The smallest absolute Gasteiger partial charge is 0.406 e. The fraction of sp³-hybridized carbons (Fsp3) is 0.500. The number of carbonyl (C=O) groups is 1. The third-order valence-electron chi connectivity index (χ3n) is 3.23. The summed E-state index contributed by atoms with van der Waals surface area (Å²) >= 11 is 0. The van der Waals surface area contributed by atoms with Crippen molar-refractivity contribution in [2.24, 2.45) is 0 Å². The largest absolute Gasteiger partial charge is 0.573 e. The van der Waals surface area contributed by atoms with Crippen LogP contribution >= 0.6 is 0 Å². The molecule has 110 valence electrons. The van der Waals surface area contributed by atoms with Gasteiger partial charge in [0.2, 0.25) is 0 Å². The van der Waals surface area contributed by atoms with Crippen molar-refractivity contribution in [2.45, 2.75) is 32.0 Å². The van der Waals surface area contributed by atoms with Crippen LogP contribution in [-0.2, 0) is 0 Å². The zero-order chi connectivity index (χ0) is 14.6. The molecule has 1 saturated heterocycles. The van der Waals surface area contributed by atoms with Gasteiger partial charge in [0.25, 0.3) is 5.91 Å². The summed E-state index contributed by atoms with van der Waals surface area (Å²) < 4.78 is 39.9. The molecule has 0 radical (unpaired) electrons. The highest BCUT2D eigenvalue weighted by Gasteiger charge is 2.31. The lowest BCUT2D eigenvalue weighted by molar-refractivity contribution is -0.274. The van der Waals surface area contributed by atoms with Gasteiger partial charge in [0.1, 0.15) is 5.75 Å². The molecule has 1 amide bonds. The van der Waals surface area contributed by atoms with Gasteiger partial charge in [0.15, 0.2) is 0 Å². The van der Waals surface area contributed by atoms with E-state index in [-0.39, 0.29) is 11.7 Å². The van der Waals surface area contributed by atoms with Gasteiger partial charge in [-0.05, 0) is 37.1 Å². The van der Waals surface area contributed by atoms with Gasteiger partial charge < -0.3 is 9.64 Å². The van der Waals surface area contributed by atoms with Gasteiger partial charge in [0.05, 0.1) is 0 Å². The number of amides is 1. The zero-order valence-electron chi connectivity index (χ0n) is 10.9. The molecule has 1 aliphatic rings. The summed E-state index contributed by atoms with van der Waals surface area (Å²) in [6, 6.07) is 5.07. The van der Waals surface area contributed by atoms with Gasteiger partial charge in [-0.2, -0.15) is 0 Å². The second-order valence-electron chi connectivity index (χ2n) is 4.78. The summed E-state index contributed by atoms with van der Waals surface area (Å²) in [5.74, 6) is -0.449. The van der Waals surface area contributed by atoms with E-state index >= 15 is 0 Å². The maximum Gasteiger partial charge on any atom is 0.573 e. The molecule has 1 aromatic rings. The van der Waals surface area contributed by atoms with E-state index in [0.29, 0.717) is 18.7 Å². The molecule has 6 heteroatoms. The number of alkyl halides is 3. The van der Waals surface area contributed by atoms with Crippen LogP contribution in [0.1, 0.15) is 36.0 Å². The average molecular weight is 287 g/mol. The second kappa shape index (κ2) is 6.15. The normalized spacial score (nSPS) is 16.6. The Bertz CT molecular complexity index is 448. The van der Waals surface area contributed by atoms with E-state index in [1.807, 2.05) is 0 Å². The van der Waals surface area contributed by atoms with Crippen LogP contribution in [0.25, 0.3) is 0 Å². The Morgan fingerprint density at radius 2 is 1.55 bits per heavy atom. The number of rotatable bonds is 2. The quantitative estimate of drug-likeness (QED) is 0.831. The lowest BCUT2D eigenvalue weighted by Crippen LogP contribution is -2.31. The van der Waals surface area contributed by atoms with Crippen LogP contribution in [0, 0.1) is 0 Å². The maximum absolute atomic E-state index is 12.2. The van der Waals surface area contributed by atoms with E-state index in [0.717, 1.165) is 25.7 Å². The first-order valence-corrected chi connectivity index (χ1v) is 6.61. The van der Waals surface area contributed by atoms with Crippen LogP contribution in [0.15, 0.2) is 24.3 Å². The maximum atomic E-state index is 12.2. The van der Waals surface area contributed by atoms with Crippen LogP contribution in [0.3, 0.4) is 0 Å². The van der Waals surface area contributed by atoms with Gasteiger partial charge in [-0.25, -0.2) is 0 Å². The van der Waals surface area contributed by atoms with Crippen molar-refractivity contribution in [1.82, 2.24) is 4.90 Å². The molecule has 0 unspecified atom stereocenters. The topological polar surface area (TPSA) is 29.5 Å². The molecule has 2 rings (SSSR count). The van der Waals surface area contributed by atoms with Crippen molar-refractivity contribution in [2.75, 3.05) is 13.1 Å². The van der Waals surface area contributed by atoms with E-state index in [1.54, 1.807) is 4.90 Å². The Balaban J connectivity index is 2.03. The third kappa shape index (κ3) is 4.15. The summed E-state index contributed by atoms with van der Waals surface area (Å²) in [7, 11) is 0. The summed E-state index contributed by atoms with van der Waals surface area (Å²) in [6.07, 6.45) is -0.539. The Labute approximate surface area is 115 Å². The molecule has 1 fully saturated rings. The molecule has 1 heterocycles. The number of halogens is 3. The lowest BCUT2D eigenvalue weighted by Gasteiger charge is -2.20. The van der Waals surface area contributed by atoms with Gasteiger partial charge in [-0.1, -0.05) is 12.8 Å². The van der Waals surface area contributed by atoms with Crippen molar-refractivity contribution in [1.29, 1.82) is 0 Å². The van der Waals surface area contributed by atoms with Gasteiger partial charge >= 0.3 is 6.36 Å². The molecule has 1 aliphatic heterocycles. The fourth-order valence-electron chi connectivity index (χ4n) is 2.26. The van der Waals surface area contributed by atoms with E-state index in [2.05, 4.69) is 4.74 Å². The fourth-order valence-corrected chi connectivity index (χ4v) is 2.26. The van der Waals surface area contributed by atoms with Crippen molar-refractivity contribution in [3.8, 4) is 5.75 Å². The van der Waals surface area contributed by atoms with Crippen molar-refractivity contribution < 1.29 is 22.7 Å². The van der Waals surface area contributed by atoms with Gasteiger partial charge in [-0.3, -0.25) is 4.79 Å². The highest BCUT2D eigenvalue weighted by Crippen LogP contribution is 2.23. The van der Waals surface area contributed by atoms with Crippen molar-refractivity contribution >= 4 is 5.91 Å². The molecule has 0 aromatic heterocycles. The van der Waals surface area contributed by atoms with Crippen LogP contribution in [0.4, 0.5) is 13.2 Å². The Morgan fingerprint density at radius 3 is 2.05 bits per heavy atom. The molecule has 20 heavy (non-hydrogen) atoms. The predicted molar refractivity (Wildman–Crippen MR) is 67.5 cm³/mol. The molecule has 0 spiro atoms. The Kier molecular flexibility index (Phi) is 4.52. The van der Waals surface area contributed by atoms with Crippen LogP contribution < -0.4 is 4.74 Å². The van der Waals surface area contributed by atoms with E-state index in [4.69, 9.17) is 0 Å². The molecule has 0 bridgehead atoms. The number of benzene rings is 1. The Morgan fingerprint density at radius 1 is 1.00 bits per heavy atom. The predicted octanol–water partition coefficient (Wildman–Crippen LogP) is 3.60. The number of hydrogen-bond acceptors (Lipinski definition) is 2. The van der Waals surface area contributed by atoms with E-state index in [9.17, 15) is 18.0 Å². The first kappa shape index (κ1) is 14.7. The standard InChI is InChI=1S/C14H16F3NO2/c15-14(16,17)20-12-7-5-11(6-8-12)13(19)18-9-3-1-2-4-10-18/h5-8H,1-4,9-10H2. The molecule has 0 atom stereocenters. The first-order valence-electron chi connectivity index (χ1n) is 6.61. The summed E-state index contributed by atoms with van der Waals surface area (Å²) in [5.41, 5.74) is 0.390. The molecule has 0 aliphatic carbocycles. The third-order valence-corrected chi connectivity index (χ3v) is 3.23. The number of nitrogens with zero attached hydrogens (tertiary/aromatic N) is 1. The number of ether oxygens (including phenoxy) is 1. The summed E-state index contributed by atoms with van der Waals surface area (Å²) in [5, 5.41) is 0. The highest BCUT2D eigenvalue weighted by molar-refractivity contribution is 5.94. The van der Waals surface area contributed by atoms with Crippen LogP contribution in [-0.4, -0.2) is 30.3 Å². The Hall–Kier alpha value is -1.72. The average Bonchev–Trinajstić information content (AvgIpc) is 2.66. The summed E-state index contributed by atoms with van der Waals surface area (Å²) in [6.45, 7) is 1.42. The monoisotopic (exact) mass is 287 g/mol. The molecular formula is C14H16F3NO2. The minimum Gasteiger partial charge on any atom is -0.406 e. The SMILES string of the molecule is O=C(c1ccc(OC(F)(F)F)cc1)N1CCCCCC1. The second-order valence-corrected chi connectivity index (χ2v) is 4.78. The molecular weight excluding hydrogens is 271 g/mol. The van der Waals surface area contributed by atoms with Crippen LogP contribution in [0.2, 0.25) is 0 Å². The zero-order valence-corrected chi connectivity index (χ0v) is 10.9. The first-order chi connectivity index (χ1) is 9.46. The molecule has 1 aromatic carbocycles. The van der Waals surface area contributed by atoms with Crippen LogP contribution in [0.5, 0.6) is 5.75 Å². The highest BCUT2D eigenvalue weighted by atomic mass is 19.4. The molecule has 0 saturated carbocycles. The molecule has 3 nitrogen and oxygen atoms in total. The van der Waals surface area contributed by atoms with Gasteiger partial charge in [0, 0.05) is 18.7 Å². The van der Waals surface area contributed by atoms with E-state index in [1.165, 1.54) is 24.3 Å². The van der Waals surface area contributed by atoms with E-state index < -0.39 is 6.36 Å². The van der Waals surface area contributed by atoms with Crippen molar-refractivity contribution in [3.63, 3.8) is 0 Å². The van der Waals surface area contributed by atoms with Crippen molar-refractivity contribution in [3.05, 3.63) is 29.8 Å². The minimum atomic E-state index is -4.71. The number of likely N-dealkylation sites (tertiary alicyclic amines) is 1. The number of hydrogen-bond donors (Lipinski definition) is 0.